The molecule has 0 fully saturated rings. The molecular formula is C21H23N3O. The Morgan fingerprint density at radius 1 is 1.08 bits per heavy atom. The molecule has 1 amide bonds. The number of amides is 1. The predicted octanol–water partition coefficient (Wildman–Crippen LogP) is 4.02. The number of aromatic nitrogens is 2. The molecule has 0 aliphatic carbocycles. The van der Waals surface area contributed by atoms with Gasteiger partial charge in [0.2, 0.25) is 0 Å². The average molecular weight is 333 g/mol. The van der Waals surface area contributed by atoms with Gasteiger partial charge in [-0.15, -0.1) is 0 Å². The zero-order valence-corrected chi connectivity index (χ0v) is 14.9. The van der Waals surface area contributed by atoms with E-state index in [1.807, 2.05) is 54.2 Å². The molecule has 1 heterocycles. The van der Waals surface area contributed by atoms with E-state index in [1.165, 1.54) is 5.56 Å². The highest BCUT2D eigenvalue weighted by molar-refractivity contribution is 5.95. The van der Waals surface area contributed by atoms with Crippen LogP contribution in [0.3, 0.4) is 0 Å². The van der Waals surface area contributed by atoms with Crippen LogP contribution in [0.1, 0.15) is 34.1 Å². The van der Waals surface area contributed by atoms with Crippen LogP contribution in [0.4, 0.5) is 0 Å². The molecule has 0 saturated heterocycles. The normalized spacial score (nSPS) is 10.7. The molecule has 0 aliphatic heterocycles. The maximum atomic E-state index is 12.9. The second kappa shape index (κ2) is 7.34. The lowest BCUT2D eigenvalue weighted by atomic mass is 10.1. The first-order valence-corrected chi connectivity index (χ1v) is 8.53. The Labute approximate surface area is 148 Å². The number of carbonyl (C=O) groups excluding carboxylic acids is 1. The molecule has 2 aromatic carbocycles. The Balaban J connectivity index is 1.87. The maximum Gasteiger partial charge on any atom is 0.257 e. The van der Waals surface area contributed by atoms with Gasteiger partial charge in [0.15, 0.2) is 0 Å². The Morgan fingerprint density at radius 3 is 2.40 bits per heavy atom. The average Bonchev–Trinajstić information content (AvgIpc) is 3.06. The SMILES string of the molecule is CCc1c(C(=O)N(C)Cc2ccccc2)cnn1-c1ccc(C)cc1. The summed E-state index contributed by atoms with van der Waals surface area (Å²) in [4.78, 5) is 14.6. The summed E-state index contributed by atoms with van der Waals surface area (Å²) in [6.45, 7) is 4.69. The number of hydrogen-bond acceptors (Lipinski definition) is 2. The van der Waals surface area contributed by atoms with Gasteiger partial charge in [0, 0.05) is 13.6 Å². The molecule has 0 spiro atoms. The van der Waals surface area contributed by atoms with Gasteiger partial charge < -0.3 is 4.90 Å². The molecule has 0 bridgehead atoms. The molecule has 128 valence electrons. The summed E-state index contributed by atoms with van der Waals surface area (Å²) < 4.78 is 1.86. The van der Waals surface area contributed by atoms with Crippen molar-refractivity contribution in [3.05, 3.63) is 83.2 Å². The Morgan fingerprint density at radius 2 is 1.76 bits per heavy atom. The van der Waals surface area contributed by atoms with E-state index in [1.54, 1.807) is 11.1 Å². The second-order valence-corrected chi connectivity index (χ2v) is 6.25. The topological polar surface area (TPSA) is 38.1 Å². The first kappa shape index (κ1) is 17.0. The van der Waals surface area contributed by atoms with Gasteiger partial charge in [0.05, 0.1) is 23.1 Å². The number of aryl methyl sites for hydroxylation is 1. The fourth-order valence-electron chi connectivity index (χ4n) is 2.94. The van der Waals surface area contributed by atoms with E-state index in [0.717, 1.165) is 23.4 Å². The van der Waals surface area contributed by atoms with E-state index in [-0.39, 0.29) is 5.91 Å². The Hall–Kier alpha value is -2.88. The highest BCUT2D eigenvalue weighted by Crippen LogP contribution is 2.18. The molecule has 0 aliphatic rings. The summed E-state index contributed by atoms with van der Waals surface area (Å²) in [5.41, 5.74) is 4.90. The lowest BCUT2D eigenvalue weighted by Crippen LogP contribution is -2.27. The van der Waals surface area contributed by atoms with Crippen LogP contribution in [0.15, 0.2) is 60.8 Å². The molecule has 0 unspecified atom stereocenters. The summed E-state index contributed by atoms with van der Waals surface area (Å²) in [7, 11) is 1.83. The van der Waals surface area contributed by atoms with E-state index in [2.05, 4.69) is 31.1 Å². The van der Waals surface area contributed by atoms with Gasteiger partial charge >= 0.3 is 0 Å². The standard InChI is InChI=1S/C21H23N3O/c1-4-20-19(14-22-24(20)18-12-10-16(2)11-13-18)21(25)23(3)15-17-8-6-5-7-9-17/h5-14H,4,15H2,1-3H3. The van der Waals surface area contributed by atoms with Crippen molar-refractivity contribution >= 4 is 5.91 Å². The number of nitrogens with zero attached hydrogens (tertiary/aromatic N) is 3. The van der Waals surface area contributed by atoms with Gasteiger partial charge in [0.1, 0.15) is 0 Å². The van der Waals surface area contributed by atoms with E-state index in [9.17, 15) is 4.79 Å². The van der Waals surface area contributed by atoms with Crippen molar-refractivity contribution in [1.29, 1.82) is 0 Å². The van der Waals surface area contributed by atoms with Crippen molar-refractivity contribution in [2.75, 3.05) is 7.05 Å². The summed E-state index contributed by atoms with van der Waals surface area (Å²) >= 11 is 0. The first-order valence-electron chi connectivity index (χ1n) is 8.53. The number of benzene rings is 2. The molecule has 0 radical (unpaired) electrons. The van der Waals surface area contributed by atoms with E-state index in [4.69, 9.17) is 0 Å². The van der Waals surface area contributed by atoms with Gasteiger partial charge in [-0.1, -0.05) is 55.0 Å². The Bertz CT molecular complexity index is 851. The third-order valence-electron chi connectivity index (χ3n) is 4.32. The summed E-state index contributed by atoms with van der Waals surface area (Å²) in [6.07, 6.45) is 2.43. The van der Waals surface area contributed by atoms with Crippen molar-refractivity contribution in [1.82, 2.24) is 14.7 Å². The van der Waals surface area contributed by atoms with Crippen LogP contribution in [0.5, 0.6) is 0 Å². The molecule has 25 heavy (non-hydrogen) atoms. The number of rotatable bonds is 5. The highest BCUT2D eigenvalue weighted by Gasteiger charge is 2.20. The third kappa shape index (κ3) is 3.63. The first-order chi connectivity index (χ1) is 12.1. The largest absolute Gasteiger partial charge is 0.337 e. The zero-order chi connectivity index (χ0) is 17.8. The quantitative estimate of drug-likeness (QED) is 0.707. The van der Waals surface area contributed by atoms with Gasteiger partial charge in [0.25, 0.3) is 5.91 Å². The molecule has 4 heteroatoms. The third-order valence-corrected chi connectivity index (χ3v) is 4.32. The highest BCUT2D eigenvalue weighted by atomic mass is 16.2. The fraction of sp³-hybridized carbons (Fsp3) is 0.238. The van der Waals surface area contributed by atoms with Crippen molar-refractivity contribution in [3.8, 4) is 5.69 Å². The molecule has 3 aromatic rings. The molecule has 1 aromatic heterocycles. The minimum Gasteiger partial charge on any atom is -0.337 e. The van der Waals surface area contributed by atoms with Crippen LogP contribution in [-0.2, 0) is 13.0 Å². The molecule has 0 saturated carbocycles. The van der Waals surface area contributed by atoms with Crippen molar-refractivity contribution < 1.29 is 4.79 Å². The van der Waals surface area contributed by atoms with E-state index >= 15 is 0 Å². The lowest BCUT2D eigenvalue weighted by Gasteiger charge is -2.17. The number of carbonyl (C=O) groups is 1. The van der Waals surface area contributed by atoms with Crippen LogP contribution in [-0.4, -0.2) is 27.6 Å². The zero-order valence-electron chi connectivity index (χ0n) is 14.9. The number of hydrogen-bond donors (Lipinski definition) is 0. The maximum absolute atomic E-state index is 12.9. The van der Waals surface area contributed by atoms with Crippen LogP contribution >= 0.6 is 0 Å². The molecule has 0 atom stereocenters. The van der Waals surface area contributed by atoms with E-state index in [0.29, 0.717) is 12.1 Å². The molecule has 0 N–H and O–H groups in total. The van der Waals surface area contributed by atoms with Crippen molar-refractivity contribution in [3.63, 3.8) is 0 Å². The van der Waals surface area contributed by atoms with Crippen molar-refractivity contribution in [2.45, 2.75) is 26.8 Å². The van der Waals surface area contributed by atoms with Gasteiger partial charge in [-0.3, -0.25) is 4.79 Å². The van der Waals surface area contributed by atoms with Crippen LogP contribution in [0.2, 0.25) is 0 Å². The molecule has 3 rings (SSSR count). The minimum absolute atomic E-state index is 0.000866. The van der Waals surface area contributed by atoms with Gasteiger partial charge in [-0.2, -0.15) is 5.10 Å². The second-order valence-electron chi connectivity index (χ2n) is 6.25. The summed E-state index contributed by atoms with van der Waals surface area (Å²) in [5.74, 6) is -0.000866. The minimum atomic E-state index is -0.000866. The van der Waals surface area contributed by atoms with Crippen molar-refractivity contribution in [2.24, 2.45) is 0 Å². The summed E-state index contributed by atoms with van der Waals surface area (Å²) in [6, 6.07) is 18.2. The van der Waals surface area contributed by atoms with Crippen LogP contribution in [0.25, 0.3) is 5.69 Å². The molecule has 4 nitrogen and oxygen atoms in total. The summed E-state index contributed by atoms with van der Waals surface area (Å²) in [5, 5.41) is 4.47. The fourth-order valence-corrected chi connectivity index (χ4v) is 2.94. The monoisotopic (exact) mass is 333 g/mol. The lowest BCUT2D eigenvalue weighted by molar-refractivity contribution is 0.0784. The molecular weight excluding hydrogens is 310 g/mol. The van der Waals surface area contributed by atoms with Gasteiger partial charge in [-0.05, 0) is 31.0 Å². The van der Waals surface area contributed by atoms with Gasteiger partial charge in [-0.25, -0.2) is 4.68 Å². The van der Waals surface area contributed by atoms with Crippen LogP contribution in [0, 0.1) is 6.92 Å². The smallest absolute Gasteiger partial charge is 0.257 e. The Kier molecular flexibility index (Phi) is 4.98. The predicted molar refractivity (Wildman–Crippen MR) is 99.9 cm³/mol. The van der Waals surface area contributed by atoms with E-state index < -0.39 is 0 Å². The van der Waals surface area contributed by atoms with Crippen LogP contribution < -0.4 is 0 Å².